The van der Waals surface area contributed by atoms with Gasteiger partial charge in [0.2, 0.25) is 0 Å². The Morgan fingerprint density at radius 3 is 2.23 bits per heavy atom. The van der Waals surface area contributed by atoms with Gasteiger partial charge < -0.3 is 10.6 Å². The third-order valence-corrected chi connectivity index (χ3v) is 3.70. The lowest BCUT2D eigenvalue weighted by atomic mass is 10.1. The molecule has 0 aliphatic heterocycles. The smallest absolute Gasteiger partial charge is 0.259 e. The number of carbonyl (C=O) groups is 2. The Balaban J connectivity index is 1.66. The molecule has 0 radical (unpaired) electrons. The molecule has 0 spiro atoms. The Labute approximate surface area is 149 Å². The summed E-state index contributed by atoms with van der Waals surface area (Å²) in [6, 6.07) is 16.2. The van der Waals surface area contributed by atoms with Gasteiger partial charge in [0.05, 0.1) is 17.4 Å². The van der Waals surface area contributed by atoms with Gasteiger partial charge in [-0.05, 0) is 55.5 Å². The van der Waals surface area contributed by atoms with E-state index in [2.05, 4.69) is 15.6 Å². The second-order valence-corrected chi connectivity index (χ2v) is 5.62. The van der Waals surface area contributed by atoms with Crippen molar-refractivity contribution in [1.29, 1.82) is 0 Å². The second-order valence-electron chi connectivity index (χ2n) is 5.62. The highest BCUT2D eigenvalue weighted by atomic mass is 19.1. The summed E-state index contributed by atoms with van der Waals surface area (Å²) in [5.74, 6) is -0.822. The molecule has 0 fully saturated rings. The van der Waals surface area contributed by atoms with E-state index in [-0.39, 0.29) is 11.3 Å². The van der Waals surface area contributed by atoms with Gasteiger partial charge in [0, 0.05) is 11.3 Å². The number of pyridine rings is 1. The number of aromatic nitrogens is 1. The van der Waals surface area contributed by atoms with Crippen LogP contribution in [0.5, 0.6) is 0 Å². The number of nitrogens with zero attached hydrogens (tertiary/aromatic N) is 1. The van der Waals surface area contributed by atoms with E-state index in [1.54, 1.807) is 48.7 Å². The van der Waals surface area contributed by atoms with Crippen LogP contribution < -0.4 is 10.6 Å². The molecule has 0 bridgehead atoms. The lowest BCUT2D eigenvalue weighted by Gasteiger charge is -2.09. The van der Waals surface area contributed by atoms with Gasteiger partial charge in [0.15, 0.2) is 5.78 Å². The minimum Gasteiger partial charge on any atom is -0.354 e. The van der Waals surface area contributed by atoms with Gasteiger partial charge in [-0.1, -0.05) is 12.1 Å². The highest BCUT2D eigenvalue weighted by Gasteiger charge is 2.11. The predicted octanol–water partition coefficient (Wildman–Crippen LogP) is 4.42. The number of hydrogen-bond donors (Lipinski definition) is 2. The SMILES string of the molecule is CC(=O)c1ccc(Nc2ccc(NC(=O)c3ccccc3F)nc2)cc1. The Hall–Kier alpha value is -3.54. The summed E-state index contributed by atoms with van der Waals surface area (Å²) in [4.78, 5) is 27.5. The van der Waals surface area contributed by atoms with E-state index in [0.29, 0.717) is 17.1 Å². The van der Waals surface area contributed by atoms with Gasteiger partial charge in [-0.2, -0.15) is 0 Å². The molecule has 2 aromatic carbocycles. The number of rotatable bonds is 5. The van der Waals surface area contributed by atoms with Crippen LogP contribution in [-0.2, 0) is 0 Å². The van der Waals surface area contributed by atoms with Gasteiger partial charge in [0.1, 0.15) is 11.6 Å². The Morgan fingerprint density at radius 2 is 1.62 bits per heavy atom. The van der Waals surface area contributed by atoms with Crippen LogP contribution in [0.4, 0.5) is 21.6 Å². The maximum Gasteiger partial charge on any atom is 0.259 e. The fraction of sp³-hybridized carbons (Fsp3) is 0.0500. The number of hydrogen-bond acceptors (Lipinski definition) is 4. The molecule has 5 nitrogen and oxygen atoms in total. The van der Waals surface area contributed by atoms with Crippen LogP contribution in [-0.4, -0.2) is 16.7 Å². The molecule has 1 aromatic heterocycles. The highest BCUT2D eigenvalue weighted by molar-refractivity contribution is 6.04. The molecule has 0 unspecified atom stereocenters. The zero-order valence-corrected chi connectivity index (χ0v) is 14.0. The normalized spacial score (nSPS) is 10.2. The summed E-state index contributed by atoms with van der Waals surface area (Å²) in [6.07, 6.45) is 1.55. The monoisotopic (exact) mass is 349 g/mol. The summed E-state index contributed by atoms with van der Waals surface area (Å²) in [6.45, 7) is 1.51. The Bertz CT molecular complexity index is 938. The lowest BCUT2D eigenvalue weighted by molar-refractivity contribution is 0.101. The standard InChI is InChI=1S/C20H16FN3O2/c1-13(25)14-6-8-15(9-7-14)23-16-10-11-19(22-12-16)24-20(26)17-4-2-3-5-18(17)21/h2-12,23H,1H3,(H,22,24,26). The molecule has 0 saturated heterocycles. The fourth-order valence-corrected chi connectivity index (χ4v) is 2.33. The van der Waals surface area contributed by atoms with Gasteiger partial charge in [0.25, 0.3) is 5.91 Å². The van der Waals surface area contributed by atoms with Crippen LogP contribution in [0, 0.1) is 5.82 Å². The first-order valence-electron chi connectivity index (χ1n) is 7.93. The lowest BCUT2D eigenvalue weighted by Crippen LogP contribution is -2.14. The first kappa shape index (κ1) is 17.3. The molecule has 1 heterocycles. The van der Waals surface area contributed by atoms with Crippen molar-refractivity contribution in [3.05, 3.63) is 83.8 Å². The maximum atomic E-state index is 13.6. The zero-order chi connectivity index (χ0) is 18.5. The summed E-state index contributed by atoms with van der Waals surface area (Å²) in [5, 5.41) is 5.70. The topological polar surface area (TPSA) is 71.1 Å². The van der Waals surface area contributed by atoms with Crippen molar-refractivity contribution in [2.75, 3.05) is 10.6 Å². The van der Waals surface area contributed by atoms with Crippen molar-refractivity contribution in [3.63, 3.8) is 0 Å². The Morgan fingerprint density at radius 1 is 0.923 bits per heavy atom. The molecule has 0 atom stereocenters. The summed E-state index contributed by atoms with van der Waals surface area (Å²) < 4.78 is 13.6. The molecule has 26 heavy (non-hydrogen) atoms. The maximum absolute atomic E-state index is 13.6. The molecule has 3 aromatic rings. The van der Waals surface area contributed by atoms with E-state index in [4.69, 9.17) is 0 Å². The fourth-order valence-electron chi connectivity index (χ4n) is 2.33. The van der Waals surface area contributed by atoms with E-state index in [1.807, 2.05) is 0 Å². The largest absolute Gasteiger partial charge is 0.354 e. The van der Waals surface area contributed by atoms with Crippen molar-refractivity contribution in [1.82, 2.24) is 4.98 Å². The first-order valence-corrected chi connectivity index (χ1v) is 7.93. The molecular weight excluding hydrogens is 333 g/mol. The number of carbonyl (C=O) groups excluding carboxylic acids is 2. The number of halogens is 1. The molecule has 0 aliphatic rings. The second kappa shape index (κ2) is 7.57. The van der Waals surface area contributed by atoms with Crippen molar-refractivity contribution < 1.29 is 14.0 Å². The summed E-state index contributed by atoms with van der Waals surface area (Å²) >= 11 is 0. The van der Waals surface area contributed by atoms with Crippen LogP contribution in [0.3, 0.4) is 0 Å². The van der Waals surface area contributed by atoms with Crippen LogP contribution in [0.15, 0.2) is 66.9 Å². The predicted molar refractivity (Wildman–Crippen MR) is 98.3 cm³/mol. The van der Waals surface area contributed by atoms with E-state index >= 15 is 0 Å². The average Bonchev–Trinajstić information content (AvgIpc) is 2.64. The third kappa shape index (κ3) is 4.10. The zero-order valence-electron chi connectivity index (χ0n) is 14.0. The van der Waals surface area contributed by atoms with Crippen molar-refractivity contribution in [3.8, 4) is 0 Å². The van der Waals surface area contributed by atoms with Gasteiger partial charge in [-0.3, -0.25) is 9.59 Å². The number of benzene rings is 2. The molecule has 6 heteroatoms. The molecule has 130 valence electrons. The molecule has 0 aliphatic carbocycles. The Kier molecular flexibility index (Phi) is 5.03. The quantitative estimate of drug-likeness (QED) is 0.669. The van der Waals surface area contributed by atoms with Crippen molar-refractivity contribution >= 4 is 28.9 Å². The van der Waals surface area contributed by atoms with E-state index in [9.17, 15) is 14.0 Å². The molecule has 3 rings (SSSR count). The number of amides is 1. The molecule has 2 N–H and O–H groups in total. The van der Waals surface area contributed by atoms with Crippen LogP contribution in [0.1, 0.15) is 27.6 Å². The van der Waals surface area contributed by atoms with Crippen LogP contribution >= 0.6 is 0 Å². The van der Waals surface area contributed by atoms with E-state index in [1.165, 1.54) is 25.1 Å². The van der Waals surface area contributed by atoms with Gasteiger partial charge in [-0.15, -0.1) is 0 Å². The summed E-state index contributed by atoms with van der Waals surface area (Å²) in [7, 11) is 0. The third-order valence-electron chi connectivity index (χ3n) is 3.70. The van der Waals surface area contributed by atoms with Gasteiger partial charge >= 0.3 is 0 Å². The highest BCUT2D eigenvalue weighted by Crippen LogP contribution is 2.18. The van der Waals surface area contributed by atoms with Crippen molar-refractivity contribution in [2.45, 2.75) is 6.92 Å². The molecule has 0 saturated carbocycles. The van der Waals surface area contributed by atoms with Crippen molar-refractivity contribution in [2.24, 2.45) is 0 Å². The number of anilines is 3. The molecule has 1 amide bonds. The summed E-state index contributed by atoms with van der Waals surface area (Å²) in [5.41, 5.74) is 2.12. The van der Waals surface area contributed by atoms with Crippen LogP contribution in [0.2, 0.25) is 0 Å². The average molecular weight is 349 g/mol. The van der Waals surface area contributed by atoms with Gasteiger partial charge in [-0.25, -0.2) is 9.37 Å². The number of nitrogens with one attached hydrogen (secondary N) is 2. The first-order chi connectivity index (χ1) is 12.5. The number of ketones is 1. The van der Waals surface area contributed by atoms with Crippen LogP contribution in [0.25, 0.3) is 0 Å². The van der Waals surface area contributed by atoms with E-state index < -0.39 is 11.7 Å². The van der Waals surface area contributed by atoms with E-state index in [0.717, 1.165) is 5.69 Å². The minimum absolute atomic E-state index is 0.00756. The molecular formula is C20H16FN3O2. The number of Topliss-reactive ketones (excluding diaryl/α,β-unsaturated/α-hetero) is 1. The minimum atomic E-state index is -0.586.